The van der Waals surface area contributed by atoms with E-state index in [1.165, 1.54) is 32.4 Å². The van der Waals surface area contributed by atoms with Crippen molar-refractivity contribution in [3.8, 4) is 0 Å². The van der Waals surface area contributed by atoms with Gasteiger partial charge in [0.2, 0.25) is 0 Å². The fourth-order valence-corrected chi connectivity index (χ4v) is 1.05. The van der Waals surface area contributed by atoms with Crippen LogP contribution in [0.4, 0.5) is 0 Å². The van der Waals surface area contributed by atoms with E-state index >= 15 is 0 Å². The molecular weight excluding hydrogens is 151 g/mol. The summed E-state index contributed by atoms with van der Waals surface area (Å²) in [7, 11) is 2.19. The molecule has 0 unspecified atom stereocenters. The molecule has 1 nitrogen and oxygen atoms in total. The van der Waals surface area contributed by atoms with E-state index in [0.717, 1.165) is 0 Å². The molecule has 1 heterocycles. The van der Waals surface area contributed by atoms with Crippen LogP contribution in [0.2, 0.25) is 0 Å². The Bertz CT molecular complexity index is 50.5. The van der Waals surface area contributed by atoms with E-state index in [2.05, 4.69) is 11.9 Å². The molecule has 1 aliphatic rings. The first kappa shape index (κ1) is 8.58. The van der Waals surface area contributed by atoms with Gasteiger partial charge in [-0.3, -0.25) is 0 Å². The predicted octanol–water partition coefficient (Wildman–Crippen LogP) is 1.10. The second-order valence-corrected chi connectivity index (χ2v) is 2.36. The van der Waals surface area contributed by atoms with Crippen molar-refractivity contribution in [3.63, 3.8) is 0 Å². The van der Waals surface area contributed by atoms with Crippen LogP contribution in [0.25, 0.3) is 0 Å². The minimum absolute atomic E-state index is 0. The molecule has 1 aliphatic heterocycles. The van der Waals surface area contributed by atoms with E-state index in [0.29, 0.717) is 0 Å². The first-order chi connectivity index (χ1) is 3.39. The van der Waals surface area contributed by atoms with E-state index in [1.54, 1.807) is 0 Å². The SMILES string of the molecule is CN1CCCCC1.[Zn]. The van der Waals surface area contributed by atoms with Gasteiger partial charge in [0.05, 0.1) is 0 Å². The van der Waals surface area contributed by atoms with Gasteiger partial charge < -0.3 is 4.90 Å². The van der Waals surface area contributed by atoms with Crippen LogP contribution in [0.1, 0.15) is 19.3 Å². The maximum Gasteiger partial charge on any atom is 0 e. The Morgan fingerprint density at radius 2 is 1.50 bits per heavy atom. The van der Waals surface area contributed by atoms with Crippen molar-refractivity contribution >= 4 is 0 Å². The van der Waals surface area contributed by atoms with Crippen LogP contribution < -0.4 is 0 Å². The molecule has 0 aromatic rings. The molecule has 0 bridgehead atoms. The summed E-state index contributed by atoms with van der Waals surface area (Å²) in [6.07, 6.45) is 4.28. The monoisotopic (exact) mass is 163 g/mol. The Hall–Kier alpha value is 0.583. The van der Waals surface area contributed by atoms with Gasteiger partial charge in [-0.05, 0) is 33.0 Å². The summed E-state index contributed by atoms with van der Waals surface area (Å²) in [6.45, 7) is 2.64. The van der Waals surface area contributed by atoms with Crippen LogP contribution in [-0.4, -0.2) is 25.0 Å². The van der Waals surface area contributed by atoms with E-state index in [1.807, 2.05) is 0 Å². The molecule has 0 atom stereocenters. The Balaban J connectivity index is 0.000000490. The number of nitrogens with zero attached hydrogens (tertiary/aromatic N) is 1. The summed E-state index contributed by atoms with van der Waals surface area (Å²) in [5.41, 5.74) is 0. The van der Waals surface area contributed by atoms with E-state index in [9.17, 15) is 0 Å². The molecule has 0 aromatic heterocycles. The summed E-state index contributed by atoms with van der Waals surface area (Å²) < 4.78 is 0. The maximum atomic E-state index is 2.39. The van der Waals surface area contributed by atoms with Gasteiger partial charge in [0.15, 0.2) is 0 Å². The molecule has 0 spiro atoms. The Labute approximate surface area is 64.2 Å². The zero-order chi connectivity index (χ0) is 5.11. The van der Waals surface area contributed by atoms with E-state index in [4.69, 9.17) is 0 Å². The fourth-order valence-electron chi connectivity index (χ4n) is 1.05. The molecule has 1 fully saturated rings. The average molecular weight is 165 g/mol. The molecule has 0 aliphatic carbocycles. The molecule has 0 radical (unpaired) electrons. The standard InChI is InChI=1S/C6H13N.Zn/c1-7-5-3-2-4-6-7;/h2-6H2,1H3;. The van der Waals surface area contributed by atoms with Crippen LogP contribution in [0, 0.1) is 0 Å². The number of piperidine rings is 1. The van der Waals surface area contributed by atoms with E-state index < -0.39 is 0 Å². The van der Waals surface area contributed by atoms with Gasteiger partial charge in [0, 0.05) is 19.5 Å². The zero-order valence-electron chi connectivity index (χ0n) is 5.69. The van der Waals surface area contributed by atoms with Crippen molar-refractivity contribution < 1.29 is 19.5 Å². The number of likely N-dealkylation sites (tertiary alicyclic amines) is 1. The third-order valence-corrected chi connectivity index (χ3v) is 1.58. The second-order valence-electron chi connectivity index (χ2n) is 2.36. The normalized spacial score (nSPS) is 22.1. The van der Waals surface area contributed by atoms with Crippen LogP contribution in [-0.2, 0) is 19.5 Å². The van der Waals surface area contributed by atoms with Gasteiger partial charge in [-0.1, -0.05) is 6.42 Å². The Morgan fingerprint density at radius 1 is 1.00 bits per heavy atom. The molecule has 0 aromatic carbocycles. The van der Waals surface area contributed by atoms with Crippen LogP contribution >= 0.6 is 0 Å². The van der Waals surface area contributed by atoms with Gasteiger partial charge in [-0.15, -0.1) is 0 Å². The molecule has 0 saturated carbocycles. The fraction of sp³-hybridized carbons (Fsp3) is 1.00. The van der Waals surface area contributed by atoms with Crippen LogP contribution in [0.5, 0.6) is 0 Å². The first-order valence-electron chi connectivity index (χ1n) is 3.08. The molecular formula is C6H13NZn. The topological polar surface area (TPSA) is 3.24 Å². The summed E-state index contributed by atoms with van der Waals surface area (Å²) in [5, 5.41) is 0. The molecule has 0 amide bonds. The number of hydrogen-bond donors (Lipinski definition) is 0. The second kappa shape index (κ2) is 4.46. The van der Waals surface area contributed by atoms with Gasteiger partial charge in [-0.2, -0.15) is 0 Å². The van der Waals surface area contributed by atoms with Gasteiger partial charge in [0.1, 0.15) is 0 Å². The van der Waals surface area contributed by atoms with Gasteiger partial charge in [0.25, 0.3) is 0 Å². The molecule has 1 rings (SSSR count). The van der Waals surface area contributed by atoms with Crippen LogP contribution in [0.15, 0.2) is 0 Å². The van der Waals surface area contributed by atoms with Crippen LogP contribution in [0.3, 0.4) is 0 Å². The van der Waals surface area contributed by atoms with Crippen molar-refractivity contribution in [2.24, 2.45) is 0 Å². The van der Waals surface area contributed by atoms with Gasteiger partial charge >= 0.3 is 0 Å². The van der Waals surface area contributed by atoms with Crippen molar-refractivity contribution in [2.75, 3.05) is 20.1 Å². The summed E-state index contributed by atoms with van der Waals surface area (Å²) in [5.74, 6) is 0. The molecule has 8 heavy (non-hydrogen) atoms. The van der Waals surface area contributed by atoms with Gasteiger partial charge in [-0.25, -0.2) is 0 Å². The summed E-state index contributed by atoms with van der Waals surface area (Å²) >= 11 is 0. The van der Waals surface area contributed by atoms with E-state index in [-0.39, 0.29) is 19.5 Å². The summed E-state index contributed by atoms with van der Waals surface area (Å²) in [4.78, 5) is 2.39. The minimum atomic E-state index is 0. The molecule has 0 N–H and O–H groups in total. The predicted molar refractivity (Wildman–Crippen MR) is 31.3 cm³/mol. The molecule has 1 saturated heterocycles. The molecule has 2 heteroatoms. The smallest absolute Gasteiger partial charge is 0 e. The quantitative estimate of drug-likeness (QED) is 0.485. The third-order valence-electron chi connectivity index (χ3n) is 1.58. The Kier molecular flexibility index (Phi) is 4.79. The Morgan fingerprint density at radius 3 is 1.75 bits per heavy atom. The van der Waals surface area contributed by atoms with Crippen molar-refractivity contribution in [1.82, 2.24) is 4.90 Å². The first-order valence-corrected chi connectivity index (χ1v) is 3.08. The van der Waals surface area contributed by atoms with Crippen molar-refractivity contribution in [1.29, 1.82) is 0 Å². The number of rotatable bonds is 0. The third kappa shape index (κ3) is 2.79. The largest absolute Gasteiger partial charge is 0.306 e. The van der Waals surface area contributed by atoms with Crippen molar-refractivity contribution in [2.45, 2.75) is 19.3 Å². The van der Waals surface area contributed by atoms with Crippen molar-refractivity contribution in [3.05, 3.63) is 0 Å². The number of hydrogen-bond acceptors (Lipinski definition) is 1. The zero-order valence-corrected chi connectivity index (χ0v) is 8.66. The average Bonchev–Trinajstić information content (AvgIpc) is 1.69. The minimum Gasteiger partial charge on any atom is -0.306 e. The summed E-state index contributed by atoms with van der Waals surface area (Å²) in [6, 6.07) is 0. The molecule has 44 valence electrons. The maximum absolute atomic E-state index is 2.39.